The minimum Gasteiger partial charge on any atom is -0.477 e. The van der Waals surface area contributed by atoms with E-state index in [-0.39, 0.29) is 23.6 Å². The molecule has 198 valence electrons. The lowest BCUT2D eigenvalue weighted by molar-refractivity contribution is -0.151. The number of amides is 3. The predicted octanol–water partition coefficient (Wildman–Crippen LogP) is 0.846. The number of rotatable bonds is 9. The van der Waals surface area contributed by atoms with E-state index in [0.29, 0.717) is 11.1 Å². The number of hydrogen-bond acceptors (Lipinski definition) is 8. The third kappa shape index (κ3) is 5.55. The number of ether oxygens (including phenoxy) is 1. The van der Waals surface area contributed by atoms with Crippen LogP contribution in [0, 0.1) is 0 Å². The van der Waals surface area contributed by atoms with E-state index < -0.39 is 53.2 Å². The van der Waals surface area contributed by atoms with E-state index in [0.717, 1.165) is 4.90 Å². The Morgan fingerprint density at radius 1 is 1.05 bits per heavy atom. The fourth-order valence-corrected chi connectivity index (χ4v) is 5.54. The summed E-state index contributed by atoms with van der Waals surface area (Å²) in [4.78, 5) is 63.5. The van der Waals surface area contributed by atoms with Crippen molar-refractivity contribution in [1.82, 2.24) is 15.5 Å². The van der Waals surface area contributed by atoms with Gasteiger partial charge in [-0.2, -0.15) is 0 Å². The summed E-state index contributed by atoms with van der Waals surface area (Å²) in [5, 5.41) is 14.4. The number of carbonyl (C=O) groups excluding carboxylic acids is 4. The first kappa shape index (κ1) is 26.9. The molecule has 0 aliphatic carbocycles. The van der Waals surface area contributed by atoms with Crippen LogP contribution < -0.4 is 16.4 Å². The van der Waals surface area contributed by atoms with Gasteiger partial charge < -0.3 is 26.2 Å². The molecule has 0 unspecified atom stereocenters. The molecule has 4 atom stereocenters. The Bertz CT molecular complexity index is 1290. The Morgan fingerprint density at radius 2 is 1.66 bits per heavy atom. The third-order valence-electron chi connectivity index (χ3n) is 6.12. The smallest absolute Gasteiger partial charge is 0.352 e. The summed E-state index contributed by atoms with van der Waals surface area (Å²) in [6, 6.07) is 14.0. The van der Waals surface area contributed by atoms with Crippen LogP contribution in [0.3, 0.4) is 0 Å². The molecule has 1 fully saturated rings. The molecule has 0 radical (unpaired) electrons. The molecule has 38 heavy (non-hydrogen) atoms. The summed E-state index contributed by atoms with van der Waals surface area (Å²) in [5.41, 5.74) is 7.19. The zero-order valence-corrected chi connectivity index (χ0v) is 21.1. The maximum absolute atomic E-state index is 13.4. The SMILES string of the molecule is CC(=O)OCC1=C(C(=O)O)N2C(=O)[C@@H](NC(=O)[C@@H](NC(=O)[C@@H](N)c3ccccc3)c3ccccc3)[C@H]2SC1. The van der Waals surface area contributed by atoms with E-state index in [9.17, 15) is 29.1 Å². The lowest BCUT2D eigenvalue weighted by Gasteiger charge is -2.49. The number of benzene rings is 2. The van der Waals surface area contributed by atoms with Crippen LogP contribution >= 0.6 is 11.8 Å². The minimum absolute atomic E-state index is 0.195. The van der Waals surface area contributed by atoms with Gasteiger partial charge in [-0.1, -0.05) is 60.7 Å². The van der Waals surface area contributed by atoms with Gasteiger partial charge in [-0.05, 0) is 11.1 Å². The van der Waals surface area contributed by atoms with Crippen molar-refractivity contribution in [2.75, 3.05) is 12.4 Å². The van der Waals surface area contributed by atoms with Gasteiger partial charge in [0.25, 0.3) is 5.91 Å². The van der Waals surface area contributed by atoms with Crippen molar-refractivity contribution in [2.45, 2.75) is 30.4 Å². The van der Waals surface area contributed by atoms with Gasteiger partial charge in [0.15, 0.2) is 0 Å². The second kappa shape index (κ2) is 11.5. The van der Waals surface area contributed by atoms with Gasteiger partial charge in [-0.15, -0.1) is 11.8 Å². The molecule has 11 nitrogen and oxygen atoms in total. The molecule has 5 N–H and O–H groups in total. The van der Waals surface area contributed by atoms with Crippen LogP contribution in [0.4, 0.5) is 0 Å². The average molecular weight is 539 g/mol. The second-order valence-corrected chi connectivity index (χ2v) is 9.78. The number of nitrogens with zero attached hydrogens (tertiary/aromatic N) is 1. The number of hydrogen-bond donors (Lipinski definition) is 4. The highest BCUT2D eigenvalue weighted by Crippen LogP contribution is 2.40. The lowest BCUT2D eigenvalue weighted by atomic mass is 10.00. The molecule has 2 heterocycles. The molecule has 2 aromatic rings. The number of nitrogens with one attached hydrogen (secondary N) is 2. The van der Waals surface area contributed by atoms with Gasteiger partial charge in [0.05, 0.1) is 0 Å². The number of nitrogens with two attached hydrogens (primary N) is 1. The van der Waals surface area contributed by atoms with Gasteiger partial charge in [0.2, 0.25) is 11.8 Å². The van der Waals surface area contributed by atoms with Gasteiger partial charge in [0, 0.05) is 18.2 Å². The molecular weight excluding hydrogens is 512 g/mol. The van der Waals surface area contributed by atoms with Crippen LogP contribution in [0.15, 0.2) is 71.9 Å². The number of fused-ring (bicyclic) bond motifs is 1. The highest BCUT2D eigenvalue weighted by molar-refractivity contribution is 8.00. The summed E-state index contributed by atoms with van der Waals surface area (Å²) < 4.78 is 4.93. The van der Waals surface area contributed by atoms with Crippen LogP contribution in [-0.4, -0.2) is 63.4 Å². The number of β-lactam (4-membered cyclic amide) rings is 1. The zero-order chi connectivity index (χ0) is 27.4. The van der Waals surface area contributed by atoms with Gasteiger partial charge >= 0.3 is 11.9 Å². The Morgan fingerprint density at radius 3 is 2.24 bits per heavy atom. The molecule has 0 bridgehead atoms. The topological polar surface area (TPSA) is 168 Å². The maximum Gasteiger partial charge on any atom is 0.352 e. The van der Waals surface area contributed by atoms with Crippen LogP contribution in [0.5, 0.6) is 0 Å². The van der Waals surface area contributed by atoms with Crippen molar-refractivity contribution < 1.29 is 33.8 Å². The van der Waals surface area contributed by atoms with Crippen molar-refractivity contribution in [3.63, 3.8) is 0 Å². The highest BCUT2D eigenvalue weighted by atomic mass is 32.2. The van der Waals surface area contributed by atoms with E-state index in [1.165, 1.54) is 18.7 Å². The average Bonchev–Trinajstić information content (AvgIpc) is 2.92. The van der Waals surface area contributed by atoms with Crippen molar-refractivity contribution >= 4 is 41.4 Å². The Kier molecular flexibility index (Phi) is 8.13. The number of carbonyl (C=O) groups is 5. The first-order chi connectivity index (χ1) is 18.2. The van der Waals surface area contributed by atoms with E-state index in [2.05, 4.69) is 10.6 Å². The first-order valence-electron chi connectivity index (χ1n) is 11.7. The molecule has 1 saturated heterocycles. The fourth-order valence-electron chi connectivity index (χ4n) is 4.21. The van der Waals surface area contributed by atoms with Crippen LogP contribution in [-0.2, 0) is 28.7 Å². The number of thioether (sulfide) groups is 1. The summed E-state index contributed by atoms with van der Waals surface area (Å²) in [6.45, 7) is 0.954. The molecule has 2 aliphatic heterocycles. The number of esters is 1. The van der Waals surface area contributed by atoms with Gasteiger partial charge in [-0.25, -0.2) is 4.79 Å². The first-order valence-corrected chi connectivity index (χ1v) is 12.7. The Labute approximate surface area is 222 Å². The van der Waals surface area contributed by atoms with Crippen molar-refractivity contribution in [1.29, 1.82) is 0 Å². The quantitative estimate of drug-likeness (QED) is 0.267. The van der Waals surface area contributed by atoms with Crippen molar-refractivity contribution in [3.8, 4) is 0 Å². The highest BCUT2D eigenvalue weighted by Gasteiger charge is 2.54. The second-order valence-electron chi connectivity index (χ2n) is 8.67. The summed E-state index contributed by atoms with van der Waals surface area (Å²) >= 11 is 1.24. The maximum atomic E-state index is 13.4. The lowest BCUT2D eigenvalue weighted by Crippen LogP contribution is -2.71. The predicted molar refractivity (Wildman–Crippen MR) is 137 cm³/mol. The Hall–Kier alpha value is -4.16. The van der Waals surface area contributed by atoms with E-state index in [1.807, 2.05) is 0 Å². The van der Waals surface area contributed by atoms with E-state index >= 15 is 0 Å². The van der Waals surface area contributed by atoms with E-state index in [1.54, 1.807) is 60.7 Å². The molecule has 2 aliphatic rings. The fraction of sp³-hybridized carbons (Fsp3) is 0.269. The van der Waals surface area contributed by atoms with E-state index in [4.69, 9.17) is 10.5 Å². The Balaban J connectivity index is 1.51. The third-order valence-corrected chi connectivity index (χ3v) is 7.46. The van der Waals surface area contributed by atoms with Crippen LogP contribution in [0.2, 0.25) is 0 Å². The molecule has 12 heteroatoms. The van der Waals surface area contributed by atoms with Gasteiger partial charge in [-0.3, -0.25) is 24.1 Å². The largest absolute Gasteiger partial charge is 0.477 e. The molecule has 0 saturated carbocycles. The van der Waals surface area contributed by atoms with Gasteiger partial charge in [0.1, 0.15) is 35.8 Å². The monoisotopic (exact) mass is 538 g/mol. The van der Waals surface area contributed by atoms with Crippen LogP contribution in [0.25, 0.3) is 0 Å². The van der Waals surface area contributed by atoms with Crippen LogP contribution in [0.1, 0.15) is 30.1 Å². The summed E-state index contributed by atoms with van der Waals surface area (Å²) in [7, 11) is 0. The van der Waals surface area contributed by atoms with Crippen molar-refractivity contribution in [3.05, 3.63) is 83.1 Å². The summed E-state index contributed by atoms with van der Waals surface area (Å²) in [5.74, 6) is -3.56. The minimum atomic E-state index is -1.33. The zero-order valence-electron chi connectivity index (χ0n) is 20.3. The summed E-state index contributed by atoms with van der Waals surface area (Å²) in [6.07, 6.45) is 0. The molecule has 3 amide bonds. The number of carboxylic acid groups (broad SMARTS) is 1. The van der Waals surface area contributed by atoms with Crippen molar-refractivity contribution in [2.24, 2.45) is 5.73 Å². The molecular formula is C26H26N4O7S. The molecule has 2 aromatic carbocycles. The number of aliphatic carboxylic acids is 1. The molecule has 0 aromatic heterocycles. The number of carboxylic acids is 1. The standard InChI is InChI=1S/C26H26N4O7S/c1-14(31)37-12-17-13-38-25-20(24(34)30(25)21(17)26(35)36)29-23(33)19(16-10-6-3-7-11-16)28-22(32)18(27)15-8-4-2-5-9-15/h2-11,18-20,25H,12-13,27H2,1H3,(H,28,32)(H,29,33)(H,35,36)/t18-,19-,20+,25+/m0/s1. The molecule has 4 rings (SSSR count). The normalized spacial score (nSPS) is 19.9. The molecule has 0 spiro atoms.